The van der Waals surface area contributed by atoms with Crippen molar-refractivity contribution >= 4 is 28.6 Å². The summed E-state index contributed by atoms with van der Waals surface area (Å²) in [5.74, 6) is -2.26. The SMILES string of the molecule is CC(C)[C@H](NC(=O)CNC(=O)c1cccc2ccccc12)C(=O)O. The number of carboxylic acid groups (broad SMARTS) is 1. The summed E-state index contributed by atoms with van der Waals surface area (Å²) in [4.78, 5) is 35.3. The summed E-state index contributed by atoms with van der Waals surface area (Å²) in [7, 11) is 0. The second-order valence-corrected chi connectivity index (χ2v) is 5.84. The van der Waals surface area contributed by atoms with Gasteiger partial charge in [0.2, 0.25) is 5.91 Å². The highest BCUT2D eigenvalue weighted by Crippen LogP contribution is 2.18. The first-order valence-electron chi connectivity index (χ1n) is 7.68. The van der Waals surface area contributed by atoms with E-state index in [4.69, 9.17) is 5.11 Å². The van der Waals surface area contributed by atoms with Crippen LogP contribution in [0.2, 0.25) is 0 Å². The van der Waals surface area contributed by atoms with Crippen molar-refractivity contribution in [2.45, 2.75) is 19.9 Å². The average Bonchev–Trinajstić information content (AvgIpc) is 2.56. The van der Waals surface area contributed by atoms with Gasteiger partial charge in [0.1, 0.15) is 6.04 Å². The van der Waals surface area contributed by atoms with Crippen molar-refractivity contribution in [1.29, 1.82) is 0 Å². The van der Waals surface area contributed by atoms with E-state index < -0.39 is 17.9 Å². The number of rotatable bonds is 6. The van der Waals surface area contributed by atoms with Gasteiger partial charge in [-0.1, -0.05) is 50.2 Å². The highest BCUT2D eigenvalue weighted by atomic mass is 16.4. The van der Waals surface area contributed by atoms with Crippen molar-refractivity contribution < 1.29 is 19.5 Å². The molecule has 0 spiro atoms. The zero-order valence-electron chi connectivity index (χ0n) is 13.6. The van der Waals surface area contributed by atoms with Gasteiger partial charge in [0, 0.05) is 5.56 Å². The number of amides is 2. The van der Waals surface area contributed by atoms with Crippen LogP contribution in [0.4, 0.5) is 0 Å². The molecule has 0 bridgehead atoms. The Morgan fingerprint density at radius 2 is 1.71 bits per heavy atom. The summed E-state index contributed by atoms with van der Waals surface area (Å²) in [6.45, 7) is 3.13. The molecular weight excluding hydrogens is 308 g/mol. The minimum atomic E-state index is -1.10. The Morgan fingerprint density at radius 3 is 2.38 bits per heavy atom. The van der Waals surface area contributed by atoms with Gasteiger partial charge in [-0.3, -0.25) is 9.59 Å². The Hall–Kier alpha value is -2.89. The van der Waals surface area contributed by atoms with Crippen LogP contribution in [0.1, 0.15) is 24.2 Å². The number of hydrogen-bond acceptors (Lipinski definition) is 3. The maximum absolute atomic E-state index is 12.3. The number of nitrogens with one attached hydrogen (secondary N) is 2. The van der Waals surface area contributed by atoms with Crippen molar-refractivity contribution in [3.05, 3.63) is 48.0 Å². The predicted molar refractivity (Wildman–Crippen MR) is 90.7 cm³/mol. The van der Waals surface area contributed by atoms with Crippen LogP contribution in [0.25, 0.3) is 10.8 Å². The number of benzene rings is 2. The van der Waals surface area contributed by atoms with E-state index in [0.29, 0.717) is 5.56 Å². The Labute approximate surface area is 139 Å². The molecule has 24 heavy (non-hydrogen) atoms. The van der Waals surface area contributed by atoms with Crippen LogP contribution in [0, 0.1) is 5.92 Å². The van der Waals surface area contributed by atoms with Crippen LogP contribution < -0.4 is 10.6 Å². The molecule has 0 saturated carbocycles. The smallest absolute Gasteiger partial charge is 0.326 e. The van der Waals surface area contributed by atoms with E-state index in [0.717, 1.165) is 10.8 Å². The van der Waals surface area contributed by atoms with Crippen molar-refractivity contribution in [2.75, 3.05) is 6.54 Å². The summed E-state index contributed by atoms with van der Waals surface area (Å²) < 4.78 is 0. The molecular formula is C18H20N2O4. The molecule has 0 aliphatic heterocycles. The Bertz CT molecular complexity index is 765. The Morgan fingerprint density at radius 1 is 1.04 bits per heavy atom. The number of carbonyl (C=O) groups is 3. The van der Waals surface area contributed by atoms with Crippen molar-refractivity contribution in [3.8, 4) is 0 Å². The summed E-state index contributed by atoms with van der Waals surface area (Å²) in [6, 6.07) is 11.8. The molecule has 0 radical (unpaired) electrons. The third-order valence-electron chi connectivity index (χ3n) is 3.69. The van der Waals surface area contributed by atoms with Gasteiger partial charge in [0.15, 0.2) is 0 Å². The first kappa shape index (κ1) is 17.5. The van der Waals surface area contributed by atoms with Gasteiger partial charge in [0.05, 0.1) is 6.54 Å². The molecule has 2 amide bonds. The Balaban J connectivity index is 2.02. The number of hydrogen-bond donors (Lipinski definition) is 3. The lowest BCUT2D eigenvalue weighted by atomic mass is 10.0. The summed E-state index contributed by atoms with van der Waals surface area (Å²) in [5, 5.41) is 15.7. The first-order valence-corrected chi connectivity index (χ1v) is 7.68. The van der Waals surface area contributed by atoms with Crippen LogP contribution in [-0.2, 0) is 9.59 Å². The maximum Gasteiger partial charge on any atom is 0.326 e. The second-order valence-electron chi connectivity index (χ2n) is 5.84. The molecule has 0 heterocycles. The fourth-order valence-electron chi connectivity index (χ4n) is 2.42. The van der Waals surface area contributed by atoms with Gasteiger partial charge < -0.3 is 15.7 Å². The van der Waals surface area contributed by atoms with Crippen LogP contribution in [0.15, 0.2) is 42.5 Å². The van der Waals surface area contributed by atoms with E-state index in [1.165, 1.54) is 0 Å². The summed E-state index contributed by atoms with van der Waals surface area (Å²) >= 11 is 0. The van der Waals surface area contributed by atoms with E-state index >= 15 is 0 Å². The van der Waals surface area contributed by atoms with Crippen molar-refractivity contribution in [2.24, 2.45) is 5.92 Å². The monoisotopic (exact) mass is 328 g/mol. The maximum atomic E-state index is 12.3. The standard InChI is InChI=1S/C18H20N2O4/c1-11(2)16(18(23)24)20-15(21)10-19-17(22)14-9-5-7-12-6-3-4-8-13(12)14/h3-9,11,16H,10H2,1-2H3,(H,19,22)(H,20,21)(H,23,24)/t16-/m0/s1. The summed E-state index contributed by atoms with van der Waals surface area (Å²) in [6.07, 6.45) is 0. The van der Waals surface area contributed by atoms with E-state index in [1.54, 1.807) is 26.0 Å². The number of fused-ring (bicyclic) bond motifs is 1. The molecule has 0 aliphatic rings. The fourth-order valence-corrected chi connectivity index (χ4v) is 2.42. The van der Waals surface area contributed by atoms with E-state index in [-0.39, 0.29) is 18.4 Å². The van der Waals surface area contributed by atoms with Crippen LogP contribution in [0.3, 0.4) is 0 Å². The quantitative estimate of drug-likeness (QED) is 0.753. The summed E-state index contributed by atoms with van der Waals surface area (Å²) in [5.41, 5.74) is 0.472. The van der Waals surface area contributed by atoms with Crippen molar-refractivity contribution in [3.63, 3.8) is 0 Å². The number of carbonyl (C=O) groups excluding carboxylic acids is 2. The molecule has 0 saturated heterocycles. The second kappa shape index (κ2) is 7.59. The molecule has 0 unspecified atom stereocenters. The van der Waals surface area contributed by atoms with Gasteiger partial charge in [-0.25, -0.2) is 4.79 Å². The van der Waals surface area contributed by atoms with Gasteiger partial charge >= 0.3 is 5.97 Å². The predicted octanol–water partition coefficient (Wildman–Crippen LogP) is 1.79. The number of aliphatic carboxylic acids is 1. The molecule has 2 aromatic rings. The van der Waals surface area contributed by atoms with Gasteiger partial charge in [-0.15, -0.1) is 0 Å². The molecule has 6 nitrogen and oxygen atoms in total. The topological polar surface area (TPSA) is 95.5 Å². The minimum absolute atomic E-state index is 0.250. The third kappa shape index (κ3) is 4.10. The van der Waals surface area contributed by atoms with Gasteiger partial charge in [-0.05, 0) is 22.8 Å². The fraction of sp³-hybridized carbons (Fsp3) is 0.278. The lowest BCUT2D eigenvalue weighted by Crippen LogP contribution is -2.48. The van der Waals surface area contributed by atoms with Crippen LogP contribution in [-0.4, -0.2) is 35.5 Å². The van der Waals surface area contributed by atoms with Gasteiger partial charge in [-0.2, -0.15) is 0 Å². The largest absolute Gasteiger partial charge is 0.480 e. The highest BCUT2D eigenvalue weighted by molar-refractivity contribution is 6.07. The molecule has 2 rings (SSSR count). The van der Waals surface area contributed by atoms with E-state index in [2.05, 4.69) is 10.6 Å². The zero-order valence-corrected chi connectivity index (χ0v) is 13.6. The third-order valence-corrected chi connectivity index (χ3v) is 3.69. The van der Waals surface area contributed by atoms with Crippen LogP contribution in [0.5, 0.6) is 0 Å². The lowest BCUT2D eigenvalue weighted by molar-refractivity contribution is -0.142. The molecule has 126 valence electrons. The molecule has 0 aromatic heterocycles. The molecule has 1 atom stereocenters. The molecule has 2 aromatic carbocycles. The Kier molecular flexibility index (Phi) is 5.52. The zero-order chi connectivity index (χ0) is 17.7. The van der Waals surface area contributed by atoms with E-state index in [9.17, 15) is 14.4 Å². The average molecular weight is 328 g/mol. The normalized spacial score (nSPS) is 12.0. The lowest BCUT2D eigenvalue weighted by Gasteiger charge is -2.18. The molecule has 0 aliphatic carbocycles. The molecule has 6 heteroatoms. The van der Waals surface area contributed by atoms with E-state index in [1.807, 2.05) is 30.3 Å². The van der Waals surface area contributed by atoms with Crippen molar-refractivity contribution in [1.82, 2.24) is 10.6 Å². The number of carboxylic acids is 1. The van der Waals surface area contributed by atoms with Gasteiger partial charge in [0.25, 0.3) is 5.91 Å². The molecule has 3 N–H and O–H groups in total. The minimum Gasteiger partial charge on any atom is -0.480 e. The first-order chi connectivity index (χ1) is 11.4. The molecule has 0 fully saturated rings. The highest BCUT2D eigenvalue weighted by Gasteiger charge is 2.23. The van der Waals surface area contributed by atoms with Crippen LogP contribution >= 0.6 is 0 Å².